The Morgan fingerprint density at radius 3 is 2.66 bits per heavy atom. The van der Waals surface area contributed by atoms with Crippen molar-refractivity contribution < 1.29 is 13.5 Å². The highest BCUT2D eigenvalue weighted by Crippen LogP contribution is 2.38. The van der Waals surface area contributed by atoms with Crippen LogP contribution >= 0.6 is 11.8 Å². The molecule has 0 amide bonds. The minimum Gasteiger partial charge on any atom is -0.468 e. The molecule has 1 aliphatic heterocycles. The van der Waals surface area contributed by atoms with Gasteiger partial charge in [-0.05, 0) is 52.2 Å². The summed E-state index contributed by atoms with van der Waals surface area (Å²) in [6.07, 6.45) is 7.25. The topological polar surface area (TPSA) is 80.6 Å². The van der Waals surface area contributed by atoms with Gasteiger partial charge < -0.3 is 24.8 Å². The molecule has 11 heteroatoms. The number of likely N-dealkylation sites (N-methyl/N-ethyl adjacent to an activating group) is 1. The van der Waals surface area contributed by atoms with Gasteiger partial charge in [-0.25, -0.2) is 18.8 Å². The SMILES string of the molecule is C=N/C=C(\SCN/C(=C/C(=N\COc1cc(F)c2[nH]c(C)cc2c1F)N1CCN(C)CC1)N=C)C1CCC1. The van der Waals surface area contributed by atoms with E-state index in [9.17, 15) is 8.78 Å². The number of thioether (sulfide) groups is 1. The summed E-state index contributed by atoms with van der Waals surface area (Å²) >= 11 is 1.68. The van der Waals surface area contributed by atoms with Crippen molar-refractivity contribution in [2.75, 3.05) is 45.8 Å². The fourth-order valence-corrected chi connectivity index (χ4v) is 5.40. The first kappa shape index (κ1) is 27.8. The summed E-state index contributed by atoms with van der Waals surface area (Å²) in [5.74, 6) is 0.980. The van der Waals surface area contributed by atoms with E-state index < -0.39 is 11.6 Å². The molecule has 0 unspecified atom stereocenters. The maximum Gasteiger partial charge on any atom is 0.181 e. The number of ether oxygens (including phenoxy) is 1. The first-order valence-corrected chi connectivity index (χ1v) is 13.7. The van der Waals surface area contributed by atoms with Crippen molar-refractivity contribution in [1.29, 1.82) is 0 Å². The van der Waals surface area contributed by atoms with Gasteiger partial charge in [-0.15, -0.1) is 11.8 Å². The Bertz CT molecular complexity index is 1240. The average molecular weight is 544 g/mol. The highest BCUT2D eigenvalue weighted by molar-refractivity contribution is 8.03. The van der Waals surface area contributed by atoms with Crippen LogP contribution in [0.5, 0.6) is 5.75 Å². The van der Waals surface area contributed by atoms with Crippen LogP contribution in [0.25, 0.3) is 10.9 Å². The predicted octanol–water partition coefficient (Wildman–Crippen LogP) is 4.90. The minimum atomic E-state index is -0.617. The Hall–Kier alpha value is -3.18. The van der Waals surface area contributed by atoms with Gasteiger partial charge in [-0.3, -0.25) is 4.99 Å². The molecule has 4 rings (SSSR count). The van der Waals surface area contributed by atoms with E-state index in [4.69, 9.17) is 4.74 Å². The normalized spacial score (nSPS) is 18.0. The third-order valence-corrected chi connectivity index (χ3v) is 7.89. The fraction of sp³-hybridized carbons (Fsp3) is 0.444. The van der Waals surface area contributed by atoms with Crippen LogP contribution in [-0.4, -0.2) is 79.9 Å². The molecule has 0 radical (unpaired) electrons. The molecule has 1 aliphatic carbocycles. The summed E-state index contributed by atoms with van der Waals surface area (Å²) in [5.41, 5.74) is 0.795. The average Bonchev–Trinajstić information content (AvgIpc) is 3.27. The van der Waals surface area contributed by atoms with E-state index in [-0.39, 0.29) is 23.4 Å². The molecule has 1 saturated carbocycles. The number of aromatic amines is 1. The largest absolute Gasteiger partial charge is 0.468 e. The Morgan fingerprint density at radius 1 is 1.24 bits per heavy atom. The van der Waals surface area contributed by atoms with Crippen LogP contribution in [-0.2, 0) is 0 Å². The van der Waals surface area contributed by atoms with Gasteiger partial charge in [-0.2, -0.15) is 0 Å². The number of amidine groups is 1. The number of fused-ring (bicyclic) bond motifs is 1. The number of halogens is 2. The first-order valence-electron chi connectivity index (χ1n) is 12.7. The highest BCUT2D eigenvalue weighted by atomic mass is 32.2. The summed E-state index contributed by atoms with van der Waals surface area (Å²) in [6, 6.07) is 2.61. The Balaban J connectivity index is 1.48. The quantitative estimate of drug-likeness (QED) is 0.239. The number of H-pyrrole nitrogens is 1. The van der Waals surface area contributed by atoms with Gasteiger partial charge in [-0.1, -0.05) is 6.42 Å². The number of aryl methyl sites for hydroxylation is 1. The zero-order valence-corrected chi connectivity index (χ0v) is 22.8. The van der Waals surface area contributed by atoms with Crippen LogP contribution in [0.3, 0.4) is 0 Å². The van der Waals surface area contributed by atoms with E-state index in [2.05, 4.69) is 55.6 Å². The lowest BCUT2D eigenvalue weighted by Crippen LogP contribution is -2.47. The molecule has 1 aromatic heterocycles. The molecular weight excluding hydrogens is 508 g/mol. The molecule has 0 bridgehead atoms. The second-order valence-corrected chi connectivity index (χ2v) is 10.5. The van der Waals surface area contributed by atoms with Gasteiger partial charge in [0, 0.05) is 60.5 Å². The number of hydrogen-bond donors (Lipinski definition) is 2. The number of aromatic nitrogens is 1. The molecule has 2 aromatic rings. The summed E-state index contributed by atoms with van der Waals surface area (Å²) < 4.78 is 35.0. The summed E-state index contributed by atoms with van der Waals surface area (Å²) in [7, 11) is 2.07. The van der Waals surface area contributed by atoms with Crippen molar-refractivity contribution in [2.24, 2.45) is 20.9 Å². The lowest BCUT2D eigenvalue weighted by molar-refractivity contribution is 0.214. The van der Waals surface area contributed by atoms with Crippen LogP contribution in [0, 0.1) is 24.5 Å². The second-order valence-electron chi connectivity index (χ2n) is 9.49. The number of hydrogen-bond acceptors (Lipinski definition) is 7. The van der Waals surface area contributed by atoms with Crippen molar-refractivity contribution in [3.8, 4) is 5.75 Å². The van der Waals surface area contributed by atoms with Crippen molar-refractivity contribution in [3.63, 3.8) is 0 Å². The minimum absolute atomic E-state index is 0.127. The van der Waals surface area contributed by atoms with Crippen LogP contribution < -0.4 is 10.1 Å². The predicted molar refractivity (Wildman–Crippen MR) is 153 cm³/mol. The molecule has 2 fully saturated rings. The highest BCUT2D eigenvalue weighted by Gasteiger charge is 2.22. The maximum atomic E-state index is 15.0. The molecule has 204 valence electrons. The first-order chi connectivity index (χ1) is 18.4. The monoisotopic (exact) mass is 543 g/mol. The second kappa shape index (κ2) is 13.1. The molecule has 1 aromatic carbocycles. The van der Waals surface area contributed by atoms with E-state index in [1.165, 1.54) is 24.2 Å². The van der Waals surface area contributed by atoms with E-state index in [1.54, 1.807) is 24.8 Å². The van der Waals surface area contributed by atoms with Gasteiger partial charge in [0.15, 0.2) is 24.1 Å². The van der Waals surface area contributed by atoms with Crippen molar-refractivity contribution >= 4 is 41.9 Å². The Kier molecular flexibility index (Phi) is 9.57. The number of piperazine rings is 1. The van der Waals surface area contributed by atoms with Crippen molar-refractivity contribution in [3.05, 3.63) is 52.5 Å². The van der Waals surface area contributed by atoms with Crippen molar-refractivity contribution in [2.45, 2.75) is 26.2 Å². The van der Waals surface area contributed by atoms with Crippen molar-refractivity contribution in [1.82, 2.24) is 20.1 Å². The number of rotatable bonds is 11. The smallest absolute Gasteiger partial charge is 0.181 e. The Labute approximate surface area is 226 Å². The molecular formula is C27H35F2N7OS. The number of aliphatic imine (C=N–C) groups is 3. The summed E-state index contributed by atoms with van der Waals surface area (Å²) in [4.78, 5) is 21.1. The fourth-order valence-electron chi connectivity index (χ4n) is 4.39. The summed E-state index contributed by atoms with van der Waals surface area (Å²) in [6.45, 7) is 12.2. The van der Waals surface area contributed by atoms with E-state index in [0.29, 0.717) is 29.1 Å². The standard InChI is InChI=1S/C27H35F2N7OS/c1-18-12-20-26(29)22(13-21(28)27(20)34-18)37-16-32-25(36-10-8-35(4)9-11-36)14-24(31-3)33-17-38-23(15-30-2)19-6-5-7-19/h12-15,19,33-34H,2-3,5-11,16-17H2,1,4H3/b23-15-,24-14+,32-25+. The zero-order chi connectivity index (χ0) is 27.1. The Morgan fingerprint density at radius 2 is 2.00 bits per heavy atom. The van der Waals surface area contributed by atoms with Gasteiger partial charge in [0.05, 0.1) is 11.4 Å². The molecule has 2 N–H and O–H groups in total. The summed E-state index contributed by atoms with van der Waals surface area (Å²) in [5, 5.41) is 3.46. The third-order valence-electron chi connectivity index (χ3n) is 6.83. The third kappa shape index (κ3) is 6.82. The molecule has 2 aliphatic rings. The zero-order valence-electron chi connectivity index (χ0n) is 22.0. The lowest BCUT2D eigenvalue weighted by Gasteiger charge is -2.34. The van der Waals surface area contributed by atoms with Gasteiger partial charge in [0.25, 0.3) is 0 Å². The van der Waals surface area contributed by atoms with Crippen LogP contribution in [0.2, 0.25) is 0 Å². The number of allylic oxidation sites excluding steroid dienone is 1. The molecule has 0 spiro atoms. The number of nitrogens with one attached hydrogen (secondary N) is 2. The maximum absolute atomic E-state index is 15.0. The van der Waals surface area contributed by atoms with Crippen LogP contribution in [0.1, 0.15) is 25.0 Å². The van der Waals surface area contributed by atoms with Crippen LogP contribution in [0.4, 0.5) is 8.78 Å². The molecule has 8 nitrogen and oxygen atoms in total. The van der Waals surface area contributed by atoms with E-state index >= 15 is 0 Å². The van der Waals surface area contributed by atoms with Gasteiger partial charge in [0.1, 0.15) is 11.7 Å². The number of benzene rings is 1. The molecule has 2 heterocycles. The molecule has 0 atom stereocenters. The number of nitrogens with zero attached hydrogens (tertiary/aromatic N) is 5. The molecule has 1 saturated heterocycles. The van der Waals surface area contributed by atoms with Gasteiger partial charge in [0.2, 0.25) is 0 Å². The van der Waals surface area contributed by atoms with E-state index in [1.807, 2.05) is 12.3 Å². The van der Waals surface area contributed by atoms with Crippen LogP contribution in [0.15, 0.2) is 50.1 Å². The molecule has 38 heavy (non-hydrogen) atoms. The van der Waals surface area contributed by atoms with E-state index in [0.717, 1.165) is 32.2 Å². The lowest BCUT2D eigenvalue weighted by atomic mass is 9.85. The van der Waals surface area contributed by atoms with Gasteiger partial charge >= 0.3 is 0 Å².